The molecule has 184 valence electrons. The van der Waals surface area contributed by atoms with E-state index in [0.717, 1.165) is 44.3 Å². The molecule has 2 aliphatic carbocycles. The van der Waals surface area contributed by atoms with Gasteiger partial charge in [0.15, 0.2) is 11.6 Å². The number of piperidine rings is 1. The zero-order valence-electron chi connectivity index (χ0n) is 19.8. The van der Waals surface area contributed by atoms with Gasteiger partial charge in [0.2, 0.25) is 5.43 Å². The predicted octanol–water partition coefficient (Wildman–Crippen LogP) is 2.98. The Morgan fingerprint density at radius 1 is 1.17 bits per heavy atom. The predicted molar refractivity (Wildman–Crippen MR) is 131 cm³/mol. The third-order valence-electron chi connectivity index (χ3n) is 8.21. The van der Waals surface area contributed by atoms with Gasteiger partial charge >= 0.3 is 5.97 Å². The Bertz CT molecular complexity index is 1360. The summed E-state index contributed by atoms with van der Waals surface area (Å²) in [4.78, 5) is 30.1. The number of methoxy groups -OCH3 is 1. The molecule has 35 heavy (non-hydrogen) atoms. The zero-order valence-corrected chi connectivity index (χ0v) is 19.8. The molecule has 2 unspecified atom stereocenters. The van der Waals surface area contributed by atoms with Crippen molar-refractivity contribution < 1.29 is 19.0 Å². The van der Waals surface area contributed by atoms with Crippen molar-refractivity contribution in [1.82, 2.24) is 9.88 Å². The van der Waals surface area contributed by atoms with Crippen molar-refractivity contribution in [3.8, 4) is 5.75 Å². The van der Waals surface area contributed by atoms with E-state index in [1.807, 2.05) is 15.5 Å². The highest BCUT2D eigenvalue weighted by molar-refractivity contribution is 6.07. The minimum atomic E-state index is -1.26. The Hall–Kier alpha value is -3.07. The minimum Gasteiger partial charge on any atom is -0.492 e. The molecule has 1 saturated carbocycles. The van der Waals surface area contributed by atoms with E-state index in [0.29, 0.717) is 60.7 Å². The van der Waals surface area contributed by atoms with Crippen LogP contribution in [0.3, 0.4) is 0 Å². The van der Waals surface area contributed by atoms with Gasteiger partial charge in [0.1, 0.15) is 11.3 Å². The fourth-order valence-corrected chi connectivity index (χ4v) is 6.30. The molecule has 2 N–H and O–H groups in total. The van der Waals surface area contributed by atoms with Crippen LogP contribution in [0.2, 0.25) is 0 Å². The highest BCUT2D eigenvalue weighted by Gasteiger charge is 2.43. The number of nitrogens with zero attached hydrogens (tertiary/aromatic N) is 3. The first-order valence-electron chi connectivity index (χ1n) is 12.7. The molecule has 0 spiro atoms. The van der Waals surface area contributed by atoms with Crippen LogP contribution < -0.4 is 25.3 Å². The highest BCUT2D eigenvalue weighted by atomic mass is 19.1. The van der Waals surface area contributed by atoms with Crippen LogP contribution >= 0.6 is 0 Å². The van der Waals surface area contributed by atoms with Crippen molar-refractivity contribution in [2.75, 3.05) is 49.6 Å². The van der Waals surface area contributed by atoms with Crippen molar-refractivity contribution in [2.24, 2.45) is 5.92 Å². The number of rotatable bonds is 6. The van der Waals surface area contributed by atoms with Gasteiger partial charge in [-0.2, -0.15) is 0 Å². The van der Waals surface area contributed by atoms with E-state index in [-0.39, 0.29) is 22.7 Å². The molecule has 4 fully saturated rings. The maximum atomic E-state index is 16.5. The summed E-state index contributed by atoms with van der Waals surface area (Å²) in [5, 5.41) is 13.8. The standard InChI is InChI=1S/C26H29FN4O4/c1-35-25-22-17(24(32)18(26(33)34)20(13-4-5-13)31(22)15-6-7-15)21(29-9-10-29)19(27)23(25)30-11-14-3-2-8-28-16(14)12-30/h4,14-16,28H,2-3,5-12H2,1H3,(H,33,34). The van der Waals surface area contributed by atoms with Crippen LogP contribution in [-0.2, 0) is 0 Å². The topological polar surface area (TPSA) is 86.8 Å². The number of allylic oxidation sites excluding steroid dienone is 2. The molecule has 0 bridgehead atoms. The lowest BCUT2D eigenvalue weighted by molar-refractivity contribution is 0.0694. The third-order valence-corrected chi connectivity index (χ3v) is 8.21. The van der Waals surface area contributed by atoms with E-state index in [1.54, 1.807) is 0 Å². The highest BCUT2D eigenvalue weighted by Crippen LogP contribution is 2.52. The summed E-state index contributed by atoms with van der Waals surface area (Å²) < 4.78 is 24.4. The number of carboxylic acids is 1. The zero-order chi connectivity index (χ0) is 24.0. The number of carboxylic acid groups (broad SMARTS) is 1. The number of halogens is 1. The van der Waals surface area contributed by atoms with E-state index in [1.165, 1.54) is 7.11 Å². The molecule has 8 nitrogen and oxygen atoms in total. The van der Waals surface area contributed by atoms with E-state index in [2.05, 4.69) is 10.2 Å². The van der Waals surface area contributed by atoms with Crippen molar-refractivity contribution in [1.29, 1.82) is 0 Å². The maximum Gasteiger partial charge on any atom is 0.341 e. The van der Waals surface area contributed by atoms with Crippen molar-refractivity contribution in [3.05, 3.63) is 33.4 Å². The molecule has 2 atom stereocenters. The molecule has 3 aliphatic heterocycles. The van der Waals surface area contributed by atoms with Crippen LogP contribution in [0.4, 0.5) is 15.8 Å². The number of hydrogen-bond donors (Lipinski definition) is 2. The number of aromatic nitrogens is 1. The Labute approximate surface area is 201 Å². The van der Waals surface area contributed by atoms with Gasteiger partial charge in [-0.25, -0.2) is 9.18 Å². The number of nitrogens with one attached hydrogen (secondary N) is 1. The second-order valence-electron chi connectivity index (χ2n) is 10.5. The first-order chi connectivity index (χ1) is 17.0. The van der Waals surface area contributed by atoms with Crippen molar-refractivity contribution in [2.45, 2.75) is 44.2 Å². The SMILES string of the molecule is COc1c(N2CC3CCCNC3C2)c(F)c(N2CC2)c2c(=O)c(C(=O)O)c(C3=CC3)n(C3CC3)c12. The molecular weight excluding hydrogens is 451 g/mol. The number of aromatic carboxylic acids is 1. The molecule has 4 heterocycles. The van der Waals surface area contributed by atoms with Crippen molar-refractivity contribution in [3.63, 3.8) is 0 Å². The van der Waals surface area contributed by atoms with Gasteiger partial charge in [0.25, 0.3) is 0 Å². The molecule has 0 radical (unpaired) electrons. The van der Waals surface area contributed by atoms with Gasteiger partial charge < -0.3 is 29.5 Å². The van der Waals surface area contributed by atoms with Gasteiger partial charge in [0.05, 0.1) is 29.4 Å². The van der Waals surface area contributed by atoms with E-state index in [9.17, 15) is 14.7 Å². The number of pyridine rings is 1. The minimum absolute atomic E-state index is 0.0739. The van der Waals surface area contributed by atoms with E-state index >= 15 is 4.39 Å². The van der Waals surface area contributed by atoms with Crippen molar-refractivity contribution >= 4 is 33.8 Å². The van der Waals surface area contributed by atoms with Gasteiger partial charge in [-0.15, -0.1) is 0 Å². The number of carbonyl (C=O) groups is 1. The Morgan fingerprint density at radius 2 is 1.94 bits per heavy atom. The molecule has 2 aromatic rings. The summed E-state index contributed by atoms with van der Waals surface area (Å²) in [6, 6.07) is 0.380. The number of hydrogen-bond acceptors (Lipinski definition) is 6. The molecule has 3 saturated heterocycles. The van der Waals surface area contributed by atoms with Crippen LogP contribution in [0.1, 0.15) is 54.2 Å². The molecule has 1 aromatic heterocycles. The largest absolute Gasteiger partial charge is 0.492 e. The first-order valence-corrected chi connectivity index (χ1v) is 12.7. The Kier molecular flexibility index (Phi) is 4.53. The number of benzene rings is 1. The quantitative estimate of drug-likeness (QED) is 0.615. The van der Waals surface area contributed by atoms with Gasteiger partial charge in [-0.3, -0.25) is 4.79 Å². The fraction of sp³-hybridized carbons (Fsp3) is 0.538. The number of ether oxygens (including phenoxy) is 1. The molecular formula is C26H29FN4O4. The summed E-state index contributed by atoms with van der Waals surface area (Å²) >= 11 is 0. The Morgan fingerprint density at radius 3 is 2.54 bits per heavy atom. The second-order valence-corrected chi connectivity index (χ2v) is 10.5. The number of fused-ring (bicyclic) bond motifs is 2. The lowest BCUT2D eigenvalue weighted by Crippen LogP contribution is -2.40. The van der Waals surface area contributed by atoms with Crippen LogP contribution in [0.25, 0.3) is 16.5 Å². The third kappa shape index (κ3) is 3.13. The molecule has 0 amide bonds. The lowest BCUT2D eigenvalue weighted by Gasteiger charge is -2.28. The molecule has 1 aromatic carbocycles. The maximum absolute atomic E-state index is 16.5. The summed E-state index contributed by atoms with van der Waals surface area (Å²) in [5.74, 6) is -0.936. The van der Waals surface area contributed by atoms with Gasteiger partial charge in [0, 0.05) is 38.3 Å². The summed E-state index contributed by atoms with van der Waals surface area (Å²) in [6.45, 7) is 3.67. The van der Waals surface area contributed by atoms with Crippen LogP contribution in [0.5, 0.6) is 5.75 Å². The Balaban J connectivity index is 1.58. The monoisotopic (exact) mass is 480 g/mol. The van der Waals surface area contributed by atoms with Gasteiger partial charge in [-0.05, 0) is 50.1 Å². The summed E-state index contributed by atoms with van der Waals surface area (Å²) in [7, 11) is 1.53. The van der Waals surface area contributed by atoms with Crippen LogP contribution in [0.15, 0.2) is 10.9 Å². The molecule has 5 aliphatic rings. The van der Waals surface area contributed by atoms with Gasteiger partial charge in [-0.1, -0.05) is 6.08 Å². The molecule has 9 heteroatoms. The normalized spacial score (nSPS) is 25.0. The fourth-order valence-electron chi connectivity index (χ4n) is 6.30. The van der Waals surface area contributed by atoms with Crippen LogP contribution in [0, 0.1) is 11.7 Å². The summed E-state index contributed by atoms with van der Waals surface area (Å²) in [6.07, 6.45) is 6.62. The lowest BCUT2D eigenvalue weighted by atomic mass is 9.94. The average molecular weight is 481 g/mol. The first kappa shape index (κ1) is 21.2. The number of anilines is 2. The van der Waals surface area contributed by atoms with E-state index in [4.69, 9.17) is 4.74 Å². The smallest absolute Gasteiger partial charge is 0.341 e. The summed E-state index contributed by atoms with van der Waals surface area (Å²) in [5.41, 5.74) is 1.67. The average Bonchev–Trinajstić information content (AvgIpc) is 3.69. The van der Waals surface area contributed by atoms with E-state index < -0.39 is 17.2 Å². The molecule has 7 rings (SSSR count). The van der Waals surface area contributed by atoms with Crippen LogP contribution in [-0.4, -0.2) is 61.5 Å². The second kappa shape index (κ2) is 7.46.